The highest BCUT2D eigenvalue weighted by Crippen LogP contribution is 2.15. The third-order valence-corrected chi connectivity index (χ3v) is 4.24. The molecule has 0 aliphatic rings. The zero-order valence-corrected chi connectivity index (χ0v) is 16.1. The molecule has 0 aliphatic carbocycles. The van der Waals surface area contributed by atoms with Crippen molar-refractivity contribution < 1.29 is 19.2 Å². The summed E-state index contributed by atoms with van der Waals surface area (Å²) in [5, 5.41) is 5.37. The van der Waals surface area contributed by atoms with Crippen LogP contribution < -0.4 is 10.6 Å². The molecule has 28 heavy (non-hydrogen) atoms. The Morgan fingerprint density at radius 3 is 1.36 bits per heavy atom. The van der Waals surface area contributed by atoms with Crippen molar-refractivity contribution in [2.45, 2.75) is 39.5 Å². The van der Waals surface area contributed by atoms with Crippen LogP contribution in [0.1, 0.15) is 36.8 Å². The van der Waals surface area contributed by atoms with Crippen molar-refractivity contribution in [1.82, 2.24) is 0 Å². The number of anilines is 2. The Balaban J connectivity index is 1.72. The maximum atomic E-state index is 12.0. The van der Waals surface area contributed by atoms with Crippen LogP contribution in [0, 0.1) is 13.8 Å². The van der Waals surface area contributed by atoms with Gasteiger partial charge in [-0.05, 0) is 37.1 Å². The number of rotatable bonds is 9. The molecule has 0 aliphatic heterocycles. The number of para-hydroxylation sites is 2. The predicted octanol–water partition coefficient (Wildman–Crippen LogP) is 3.58. The van der Waals surface area contributed by atoms with Crippen molar-refractivity contribution in [1.29, 1.82) is 0 Å². The number of nitrogens with one attached hydrogen (secondary N) is 2. The van der Waals surface area contributed by atoms with Crippen LogP contribution in [0.3, 0.4) is 0 Å². The smallest absolute Gasteiger partial charge is 0.231 e. The van der Waals surface area contributed by atoms with Gasteiger partial charge in [-0.2, -0.15) is 0 Å². The maximum absolute atomic E-state index is 12.0. The Kier molecular flexibility index (Phi) is 7.63. The molecule has 0 atom stereocenters. The third-order valence-electron chi connectivity index (χ3n) is 4.24. The second-order valence-corrected chi connectivity index (χ2v) is 6.66. The van der Waals surface area contributed by atoms with Gasteiger partial charge < -0.3 is 10.6 Å². The van der Waals surface area contributed by atoms with E-state index in [-0.39, 0.29) is 37.2 Å². The van der Waals surface area contributed by atoms with Crippen molar-refractivity contribution in [2.75, 3.05) is 10.6 Å². The minimum Gasteiger partial charge on any atom is -0.325 e. The molecular formula is C22H24N2O4. The first kappa shape index (κ1) is 21.0. The number of Topliss-reactive ketones (excluding diaryl/α,β-unsaturated/α-hetero) is 2. The number of hydrogen-bond acceptors (Lipinski definition) is 4. The second kappa shape index (κ2) is 10.2. The monoisotopic (exact) mass is 380 g/mol. The summed E-state index contributed by atoms with van der Waals surface area (Å²) < 4.78 is 0. The van der Waals surface area contributed by atoms with Gasteiger partial charge in [-0.1, -0.05) is 36.4 Å². The van der Waals surface area contributed by atoms with E-state index in [0.717, 1.165) is 11.1 Å². The lowest BCUT2D eigenvalue weighted by molar-refractivity contribution is -0.130. The van der Waals surface area contributed by atoms with Gasteiger partial charge in [0.2, 0.25) is 11.8 Å². The standard InChI is InChI=1S/C22H24N2O4/c1-15-7-3-5-9-19(15)23-21(27)13-17(25)11-12-18(26)14-22(28)24-20-10-6-4-8-16(20)2/h3-10H,11-14H2,1-2H3,(H,23,27)(H,24,28). The van der Waals surface area contributed by atoms with Gasteiger partial charge in [-0.15, -0.1) is 0 Å². The molecule has 0 heterocycles. The first-order chi connectivity index (χ1) is 13.3. The van der Waals surface area contributed by atoms with E-state index in [2.05, 4.69) is 10.6 Å². The zero-order valence-electron chi connectivity index (χ0n) is 16.1. The van der Waals surface area contributed by atoms with Gasteiger partial charge in [-0.25, -0.2) is 0 Å². The molecule has 2 rings (SSSR count). The summed E-state index contributed by atoms with van der Waals surface area (Å²) in [5.41, 5.74) is 3.12. The predicted molar refractivity (Wildman–Crippen MR) is 108 cm³/mol. The zero-order chi connectivity index (χ0) is 20.5. The van der Waals surface area contributed by atoms with Gasteiger partial charge in [0.15, 0.2) is 0 Å². The lowest BCUT2D eigenvalue weighted by Crippen LogP contribution is -2.19. The molecule has 0 saturated heterocycles. The summed E-state index contributed by atoms with van der Waals surface area (Å²) in [7, 11) is 0. The molecule has 0 spiro atoms. The summed E-state index contributed by atoms with van der Waals surface area (Å²) in [5.74, 6) is -1.49. The topological polar surface area (TPSA) is 92.3 Å². The molecule has 0 saturated carbocycles. The summed E-state index contributed by atoms with van der Waals surface area (Å²) >= 11 is 0. The summed E-state index contributed by atoms with van der Waals surface area (Å²) in [6.45, 7) is 3.72. The van der Waals surface area contributed by atoms with Crippen LogP contribution >= 0.6 is 0 Å². The van der Waals surface area contributed by atoms with E-state index in [1.54, 1.807) is 24.3 Å². The molecule has 6 heteroatoms. The molecule has 6 nitrogen and oxygen atoms in total. The number of hydrogen-bond donors (Lipinski definition) is 2. The van der Waals surface area contributed by atoms with E-state index in [9.17, 15) is 19.2 Å². The molecule has 146 valence electrons. The van der Waals surface area contributed by atoms with E-state index >= 15 is 0 Å². The van der Waals surface area contributed by atoms with Crippen LogP contribution in [0.5, 0.6) is 0 Å². The Morgan fingerprint density at radius 1 is 0.643 bits per heavy atom. The average Bonchev–Trinajstić information content (AvgIpc) is 2.64. The summed E-state index contributed by atoms with van der Waals surface area (Å²) in [4.78, 5) is 47.8. The summed E-state index contributed by atoms with van der Waals surface area (Å²) in [6, 6.07) is 14.5. The van der Waals surface area contributed by atoms with Crippen LogP contribution in [0.4, 0.5) is 11.4 Å². The van der Waals surface area contributed by atoms with Crippen LogP contribution in [0.15, 0.2) is 48.5 Å². The first-order valence-electron chi connectivity index (χ1n) is 9.09. The average molecular weight is 380 g/mol. The number of carbonyl (C=O) groups excluding carboxylic acids is 4. The summed E-state index contributed by atoms with van der Waals surface area (Å²) in [6.07, 6.45) is -0.705. The van der Waals surface area contributed by atoms with Gasteiger partial charge in [0.05, 0.1) is 12.8 Å². The van der Waals surface area contributed by atoms with Crippen LogP contribution in [0.25, 0.3) is 0 Å². The number of amides is 2. The molecule has 0 fully saturated rings. The van der Waals surface area contributed by atoms with E-state index in [1.807, 2.05) is 38.1 Å². The molecular weight excluding hydrogens is 356 g/mol. The second-order valence-electron chi connectivity index (χ2n) is 6.66. The molecule has 2 aromatic rings. The van der Waals surface area contributed by atoms with Crippen molar-refractivity contribution in [2.24, 2.45) is 0 Å². The molecule has 0 aromatic heterocycles. The molecule has 0 radical (unpaired) electrons. The van der Waals surface area contributed by atoms with E-state index in [1.165, 1.54) is 0 Å². The Bertz CT molecular complexity index is 816. The van der Waals surface area contributed by atoms with Gasteiger partial charge in [-0.3, -0.25) is 19.2 Å². The van der Waals surface area contributed by atoms with E-state index in [0.29, 0.717) is 11.4 Å². The van der Waals surface area contributed by atoms with Crippen molar-refractivity contribution in [3.63, 3.8) is 0 Å². The van der Waals surface area contributed by atoms with Gasteiger partial charge in [0.1, 0.15) is 11.6 Å². The molecule has 0 bridgehead atoms. The molecule has 0 unspecified atom stereocenters. The van der Waals surface area contributed by atoms with Gasteiger partial charge >= 0.3 is 0 Å². The number of carbonyl (C=O) groups is 4. The Labute approximate surface area is 164 Å². The van der Waals surface area contributed by atoms with E-state index < -0.39 is 11.8 Å². The molecule has 2 N–H and O–H groups in total. The van der Waals surface area contributed by atoms with E-state index in [4.69, 9.17) is 0 Å². The lowest BCUT2D eigenvalue weighted by Gasteiger charge is -2.08. The van der Waals surface area contributed by atoms with Crippen molar-refractivity contribution >= 4 is 34.8 Å². The first-order valence-corrected chi connectivity index (χ1v) is 9.09. The number of aryl methyl sites for hydroxylation is 2. The maximum Gasteiger partial charge on any atom is 0.231 e. The highest BCUT2D eigenvalue weighted by Gasteiger charge is 2.15. The fraction of sp³-hybridized carbons (Fsp3) is 0.273. The quantitative estimate of drug-likeness (QED) is 0.651. The van der Waals surface area contributed by atoms with Crippen molar-refractivity contribution in [3.05, 3.63) is 59.7 Å². The number of benzene rings is 2. The normalized spacial score (nSPS) is 10.2. The minimum absolute atomic E-state index is 0.0579. The highest BCUT2D eigenvalue weighted by molar-refractivity contribution is 6.07. The van der Waals surface area contributed by atoms with Crippen LogP contribution in [-0.2, 0) is 19.2 Å². The minimum atomic E-state index is -0.413. The highest BCUT2D eigenvalue weighted by atomic mass is 16.2. The Morgan fingerprint density at radius 2 is 1.00 bits per heavy atom. The Hall–Kier alpha value is -3.28. The lowest BCUT2D eigenvalue weighted by atomic mass is 10.1. The van der Waals surface area contributed by atoms with Gasteiger partial charge in [0.25, 0.3) is 0 Å². The van der Waals surface area contributed by atoms with Crippen LogP contribution in [0.2, 0.25) is 0 Å². The van der Waals surface area contributed by atoms with Crippen molar-refractivity contribution in [3.8, 4) is 0 Å². The largest absolute Gasteiger partial charge is 0.325 e. The molecule has 2 aromatic carbocycles. The fourth-order valence-electron chi connectivity index (χ4n) is 2.63. The number of ketones is 2. The van der Waals surface area contributed by atoms with Crippen LogP contribution in [-0.4, -0.2) is 23.4 Å². The third kappa shape index (κ3) is 6.79. The molecule has 2 amide bonds. The SMILES string of the molecule is Cc1ccccc1NC(=O)CC(=O)CCC(=O)CC(=O)Nc1ccccc1C. The van der Waals surface area contributed by atoms with Gasteiger partial charge in [0, 0.05) is 24.2 Å². The fourth-order valence-corrected chi connectivity index (χ4v) is 2.63.